The highest BCUT2D eigenvalue weighted by atomic mass is 16.6. The summed E-state index contributed by atoms with van der Waals surface area (Å²) in [5, 5.41) is 5.24. The molecule has 2 unspecified atom stereocenters. The van der Waals surface area contributed by atoms with Crippen LogP contribution in [-0.2, 0) is 30.3 Å². The largest absolute Gasteiger partial charge is 0.468 e. The number of rotatable bonds is 11. The molecular weight excluding hydrogens is 486 g/mol. The number of alkyl carbamates (subject to hydrolysis) is 1. The van der Waals surface area contributed by atoms with Crippen molar-refractivity contribution in [1.29, 1.82) is 0 Å². The highest BCUT2D eigenvalue weighted by molar-refractivity contribution is 5.93. The number of hydrogen-bond acceptors (Lipinski definition) is 6. The van der Waals surface area contributed by atoms with Crippen LogP contribution in [0.5, 0.6) is 0 Å². The number of hydrogen-bond donors (Lipinski definition) is 2. The van der Waals surface area contributed by atoms with Crippen molar-refractivity contribution in [3.63, 3.8) is 0 Å². The lowest BCUT2D eigenvalue weighted by molar-refractivity contribution is -0.144. The van der Waals surface area contributed by atoms with Crippen molar-refractivity contribution < 1.29 is 28.7 Å². The van der Waals surface area contributed by atoms with Crippen molar-refractivity contribution in [2.24, 2.45) is 0 Å². The predicted molar refractivity (Wildman–Crippen MR) is 144 cm³/mol. The van der Waals surface area contributed by atoms with Gasteiger partial charge >= 0.3 is 12.1 Å². The summed E-state index contributed by atoms with van der Waals surface area (Å²) in [6, 6.07) is 14.2. The number of nitrogens with zero attached hydrogens (tertiary/aromatic N) is 1. The lowest BCUT2D eigenvalue weighted by Gasteiger charge is -2.34. The van der Waals surface area contributed by atoms with Crippen LogP contribution in [0.15, 0.2) is 67.3 Å². The number of benzene rings is 2. The van der Waals surface area contributed by atoms with Gasteiger partial charge in [0, 0.05) is 13.0 Å². The Morgan fingerprint density at radius 3 is 2.32 bits per heavy atom. The van der Waals surface area contributed by atoms with Crippen LogP contribution in [0.25, 0.3) is 0 Å². The number of amides is 3. The van der Waals surface area contributed by atoms with Crippen molar-refractivity contribution in [1.82, 2.24) is 15.5 Å². The molecule has 0 aliphatic carbocycles. The molecule has 3 amide bonds. The number of methoxy groups -OCH3 is 1. The summed E-state index contributed by atoms with van der Waals surface area (Å²) in [5.74, 6) is -1.72. The Labute approximate surface area is 224 Å². The van der Waals surface area contributed by atoms with E-state index in [-0.39, 0.29) is 19.5 Å². The summed E-state index contributed by atoms with van der Waals surface area (Å²) in [6.45, 7) is 10.5. The van der Waals surface area contributed by atoms with Gasteiger partial charge in [-0.2, -0.15) is 0 Å². The number of nitrogens with one attached hydrogen (secondary N) is 2. The van der Waals surface area contributed by atoms with Gasteiger partial charge in [-0.05, 0) is 38.8 Å². The zero-order chi connectivity index (χ0) is 28.3. The molecule has 2 atom stereocenters. The SMILES string of the molecule is C=CCN(C(=O)C(Cc1ccccc1)NC(=O)OC(C)(C)C)C(C(=O)NCC(=O)OC)c1cccc(C)c1. The molecule has 0 aliphatic rings. The summed E-state index contributed by atoms with van der Waals surface area (Å²) in [6.07, 6.45) is 0.908. The highest BCUT2D eigenvalue weighted by Crippen LogP contribution is 2.24. The van der Waals surface area contributed by atoms with E-state index in [0.29, 0.717) is 5.56 Å². The molecular formula is C29H37N3O6. The summed E-state index contributed by atoms with van der Waals surface area (Å²) in [5.41, 5.74) is 1.45. The fraction of sp³-hybridized carbons (Fsp3) is 0.379. The van der Waals surface area contributed by atoms with E-state index in [1.807, 2.05) is 43.3 Å². The van der Waals surface area contributed by atoms with E-state index >= 15 is 0 Å². The Balaban J connectivity index is 2.50. The van der Waals surface area contributed by atoms with Gasteiger partial charge in [-0.15, -0.1) is 6.58 Å². The van der Waals surface area contributed by atoms with Crippen molar-refractivity contribution in [3.05, 3.63) is 83.9 Å². The van der Waals surface area contributed by atoms with Crippen LogP contribution in [-0.4, -0.2) is 60.6 Å². The van der Waals surface area contributed by atoms with E-state index in [2.05, 4.69) is 21.9 Å². The minimum absolute atomic E-state index is 0.00434. The number of ether oxygens (including phenoxy) is 2. The molecule has 2 aromatic carbocycles. The third kappa shape index (κ3) is 9.38. The first-order valence-electron chi connectivity index (χ1n) is 12.3. The molecule has 0 bridgehead atoms. The van der Waals surface area contributed by atoms with E-state index < -0.39 is 41.6 Å². The van der Waals surface area contributed by atoms with Gasteiger partial charge in [0.05, 0.1) is 7.11 Å². The molecule has 0 saturated heterocycles. The third-order valence-corrected chi connectivity index (χ3v) is 5.43. The van der Waals surface area contributed by atoms with Gasteiger partial charge < -0.3 is 25.0 Å². The lowest BCUT2D eigenvalue weighted by Crippen LogP contribution is -2.54. The second-order valence-electron chi connectivity index (χ2n) is 9.78. The number of aryl methyl sites for hydroxylation is 1. The predicted octanol–water partition coefficient (Wildman–Crippen LogP) is 3.48. The van der Waals surface area contributed by atoms with Gasteiger partial charge in [-0.1, -0.05) is 66.2 Å². The van der Waals surface area contributed by atoms with E-state index in [1.54, 1.807) is 39.0 Å². The Bertz CT molecular complexity index is 1130. The maximum atomic E-state index is 14.1. The van der Waals surface area contributed by atoms with E-state index in [9.17, 15) is 19.2 Å². The van der Waals surface area contributed by atoms with Gasteiger partial charge in [0.15, 0.2) is 0 Å². The Morgan fingerprint density at radius 2 is 1.74 bits per heavy atom. The zero-order valence-electron chi connectivity index (χ0n) is 22.7. The lowest BCUT2D eigenvalue weighted by atomic mass is 9.99. The molecule has 2 aromatic rings. The first-order chi connectivity index (χ1) is 17.9. The third-order valence-electron chi connectivity index (χ3n) is 5.43. The van der Waals surface area contributed by atoms with Crippen molar-refractivity contribution in [2.75, 3.05) is 20.2 Å². The molecule has 0 aromatic heterocycles. The van der Waals surface area contributed by atoms with Gasteiger partial charge in [-0.3, -0.25) is 14.4 Å². The standard InChI is InChI=1S/C29H37N3O6/c1-7-16-32(25(22-15-11-12-20(2)17-22)26(34)30-19-24(33)37-6)27(35)23(18-21-13-9-8-10-14-21)31-28(36)38-29(3,4)5/h7-15,17,23,25H,1,16,18-19H2,2-6H3,(H,30,34)(H,31,36). The fourth-order valence-electron chi connectivity index (χ4n) is 3.80. The molecule has 2 N–H and O–H groups in total. The van der Waals surface area contributed by atoms with Crippen molar-refractivity contribution in [3.8, 4) is 0 Å². The molecule has 0 saturated carbocycles. The number of carbonyl (C=O) groups is 4. The maximum absolute atomic E-state index is 14.1. The zero-order valence-corrected chi connectivity index (χ0v) is 22.7. The number of esters is 1. The average Bonchev–Trinajstić information content (AvgIpc) is 2.85. The summed E-state index contributed by atoms with van der Waals surface area (Å²) >= 11 is 0. The summed E-state index contributed by atoms with van der Waals surface area (Å²) < 4.78 is 10.0. The van der Waals surface area contributed by atoms with Gasteiger partial charge in [0.25, 0.3) is 0 Å². The Hall–Kier alpha value is -4.14. The molecule has 9 nitrogen and oxygen atoms in total. The fourth-order valence-corrected chi connectivity index (χ4v) is 3.80. The van der Waals surface area contributed by atoms with Crippen LogP contribution in [0, 0.1) is 6.92 Å². The molecule has 38 heavy (non-hydrogen) atoms. The first-order valence-corrected chi connectivity index (χ1v) is 12.3. The summed E-state index contributed by atoms with van der Waals surface area (Å²) in [7, 11) is 1.22. The topological polar surface area (TPSA) is 114 Å². The monoisotopic (exact) mass is 523 g/mol. The first kappa shape index (κ1) is 30.1. The van der Waals surface area contributed by atoms with Crippen LogP contribution in [0.2, 0.25) is 0 Å². The molecule has 0 aliphatic heterocycles. The minimum Gasteiger partial charge on any atom is -0.468 e. The minimum atomic E-state index is -1.11. The second kappa shape index (κ2) is 14.0. The van der Waals surface area contributed by atoms with E-state index in [4.69, 9.17) is 4.74 Å². The quantitative estimate of drug-likeness (QED) is 0.344. The summed E-state index contributed by atoms with van der Waals surface area (Å²) in [4.78, 5) is 53.3. The molecule has 0 fully saturated rings. The molecule has 0 radical (unpaired) electrons. The van der Waals surface area contributed by atoms with Crippen LogP contribution in [0.3, 0.4) is 0 Å². The number of carbonyl (C=O) groups excluding carboxylic acids is 4. The van der Waals surface area contributed by atoms with E-state index in [1.165, 1.54) is 18.1 Å². The second-order valence-corrected chi connectivity index (χ2v) is 9.78. The molecule has 204 valence electrons. The van der Waals surface area contributed by atoms with Crippen molar-refractivity contribution in [2.45, 2.75) is 51.8 Å². The molecule has 0 heterocycles. The van der Waals surface area contributed by atoms with Crippen molar-refractivity contribution >= 4 is 23.9 Å². The molecule has 2 rings (SSSR count). The van der Waals surface area contributed by atoms with Gasteiger partial charge in [0.2, 0.25) is 11.8 Å². The average molecular weight is 524 g/mol. The smallest absolute Gasteiger partial charge is 0.408 e. The molecule has 0 spiro atoms. The van der Waals surface area contributed by atoms with Crippen LogP contribution < -0.4 is 10.6 Å². The van der Waals surface area contributed by atoms with E-state index in [0.717, 1.165) is 11.1 Å². The van der Waals surface area contributed by atoms with Crippen LogP contribution in [0.1, 0.15) is 43.5 Å². The van der Waals surface area contributed by atoms with Gasteiger partial charge in [0.1, 0.15) is 24.2 Å². The highest BCUT2D eigenvalue weighted by Gasteiger charge is 2.36. The Kier molecular flexibility index (Phi) is 11.1. The van der Waals surface area contributed by atoms with Gasteiger partial charge in [-0.25, -0.2) is 4.79 Å². The normalized spacial score (nSPS) is 12.4. The Morgan fingerprint density at radius 1 is 1.05 bits per heavy atom. The van der Waals surface area contributed by atoms with Crippen LogP contribution >= 0.6 is 0 Å². The van der Waals surface area contributed by atoms with Crippen LogP contribution in [0.4, 0.5) is 4.79 Å². The maximum Gasteiger partial charge on any atom is 0.408 e. The molecule has 9 heteroatoms.